The molecular formula is C24H36F4. The highest BCUT2D eigenvalue weighted by Gasteiger charge is 2.30. The fourth-order valence-electron chi connectivity index (χ4n) is 5.07. The topological polar surface area (TPSA) is 0 Å². The predicted molar refractivity (Wildman–Crippen MR) is 107 cm³/mol. The largest absolute Gasteiger partial charge is 0.251 e. The summed E-state index contributed by atoms with van der Waals surface area (Å²) in [7, 11) is 0. The van der Waals surface area contributed by atoms with Crippen LogP contribution in [0.5, 0.6) is 0 Å². The van der Waals surface area contributed by atoms with Crippen molar-refractivity contribution < 1.29 is 17.6 Å². The lowest BCUT2D eigenvalue weighted by Gasteiger charge is -2.37. The van der Waals surface area contributed by atoms with Gasteiger partial charge in [0.1, 0.15) is 17.5 Å². The minimum atomic E-state index is -0.888. The van der Waals surface area contributed by atoms with Gasteiger partial charge in [-0.25, -0.2) is 13.2 Å². The van der Waals surface area contributed by atoms with Crippen LogP contribution in [-0.4, -0.2) is 6.67 Å². The van der Waals surface area contributed by atoms with E-state index in [4.69, 9.17) is 0 Å². The van der Waals surface area contributed by atoms with Gasteiger partial charge in [-0.1, -0.05) is 45.4 Å². The van der Waals surface area contributed by atoms with E-state index >= 15 is 0 Å². The zero-order valence-electron chi connectivity index (χ0n) is 17.5. The molecule has 0 N–H and O–H groups in total. The molecule has 160 valence electrons. The second-order valence-corrected chi connectivity index (χ2v) is 8.82. The summed E-state index contributed by atoms with van der Waals surface area (Å²) in [5.41, 5.74) is -0.151. The molecule has 2 fully saturated rings. The van der Waals surface area contributed by atoms with E-state index in [-0.39, 0.29) is 12.2 Å². The Morgan fingerprint density at radius 2 is 1.18 bits per heavy atom. The van der Waals surface area contributed by atoms with E-state index in [9.17, 15) is 17.6 Å². The molecule has 2 aliphatic carbocycles. The molecule has 2 aliphatic rings. The fourth-order valence-corrected chi connectivity index (χ4v) is 5.07. The van der Waals surface area contributed by atoms with Gasteiger partial charge in [0, 0.05) is 17.7 Å². The van der Waals surface area contributed by atoms with Crippen molar-refractivity contribution in [2.24, 2.45) is 23.7 Å². The van der Waals surface area contributed by atoms with Crippen LogP contribution in [0.3, 0.4) is 0 Å². The van der Waals surface area contributed by atoms with Crippen LogP contribution in [0.15, 0.2) is 12.1 Å². The van der Waals surface area contributed by atoms with Crippen LogP contribution in [0.4, 0.5) is 17.6 Å². The molecular weight excluding hydrogens is 364 g/mol. The maximum absolute atomic E-state index is 12.4. The molecule has 0 bridgehead atoms. The molecule has 0 spiro atoms. The monoisotopic (exact) mass is 400 g/mol. The molecule has 0 nitrogen and oxygen atoms in total. The average molecular weight is 401 g/mol. The Balaban J connectivity index is 0.000000237. The molecule has 0 amide bonds. The Labute approximate surface area is 168 Å². The number of hydrogen-bond acceptors (Lipinski definition) is 0. The number of benzene rings is 1. The van der Waals surface area contributed by atoms with Gasteiger partial charge in [-0.3, -0.25) is 4.39 Å². The van der Waals surface area contributed by atoms with E-state index in [1.807, 2.05) is 0 Å². The third-order valence-electron chi connectivity index (χ3n) is 6.91. The summed E-state index contributed by atoms with van der Waals surface area (Å²) >= 11 is 0. The molecule has 0 radical (unpaired) electrons. The van der Waals surface area contributed by atoms with Crippen LogP contribution in [0.1, 0.15) is 83.1 Å². The number of halogens is 4. The Kier molecular flexibility index (Phi) is 9.81. The Bertz CT molecular complexity index is 523. The number of alkyl halides is 1. The smallest absolute Gasteiger partial charge is 0.131 e. The molecule has 3 rings (SSSR count). The lowest BCUT2D eigenvalue weighted by molar-refractivity contribution is 0.138. The summed E-state index contributed by atoms with van der Waals surface area (Å²) in [5.74, 6) is 1.17. The zero-order chi connectivity index (χ0) is 20.5. The molecule has 2 saturated carbocycles. The molecule has 4 heteroatoms. The number of rotatable bonds is 5. The van der Waals surface area contributed by atoms with E-state index in [0.717, 1.165) is 24.2 Å². The molecule has 0 unspecified atom stereocenters. The van der Waals surface area contributed by atoms with Crippen molar-refractivity contribution in [2.45, 2.75) is 84.5 Å². The highest BCUT2D eigenvalue weighted by Crippen LogP contribution is 2.42. The van der Waals surface area contributed by atoms with Crippen LogP contribution in [0.25, 0.3) is 0 Å². The third kappa shape index (κ3) is 7.08. The van der Waals surface area contributed by atoms with Crippen molar-refractivity contribution >= 4 is 0 Å². The van der Waals surface area contributed by atoms with Gasteiger partial charge in [0.05, 0.1) is 6.67 Å². The number of hydrogen-bond donors (Lipinski definition) is 0. The molecule has 1 aromatic carbocycles. The Morgan fingerprint density at radius 3 is 1.57 bits per heavy atom. The molecule has 0 atom stereocenters. The van der Waals surface area contributed by atoms with E-state index in [1.165, 1.54) is 71.1 Å². The van der Waals surface area contributed by atoms with E-state index in [2.05, 4.69) is 6.92 Å². The minimum absolute atomic E-state index is 0.0997. The maximum atomic E-state index is 12.4. The summed E-state index contributed by atoms with van der Waals surface area (Å²) in [6, 6.07) is 1.30. The van der Waals surface area contributed by atoms with E-state index in [0.29, 0.717) is 18.1 Å². The van der Waals surface area contributed by atoms with Gasteiger partial charge >= 0.3 is 0 Å². The van der Waals surface area contributed by atoms with Gasteiger partial charge in [0.25, 0.3) is 0 Å². The molecule has 0 saturated heterocycles. The van der Waals surface area contributed by atoms with Gasteiger partial charge in [0.15, 0.2) is 0 Å². The lowest BCUT2D eigenvalue weighted by atomic mass is 9.68. The zero-order valence-corrected chi connectivity index (χ0v) is 17.5. The first-order valence-electron chi connectivity index (χ1n) is 11.1. The molecule has 1 aromatic rings. The van der Waals surface area contributed by atoms with Gasteiger partial charge in [-0.05, 0) is 62.7 Å². The average Bonchev–Trinajstić information content (AvgIpc) is 2.68. The van der Waals surface area contributed by atoms with Gasteiger partial charge in [0.2, 0.25) is 0 Å². The van der Waals surface area contributed by atoms with Gasteiger partial charge in [-0.2, -0.15) is 0 Å². The fraction of sp³-hybridized carbons (Fsp3) is 0.750. The summed E-state index contributed by atoms with van der Waals surface area (Å²) in [6.45, 7) is 3.47. The van der Waals surface area contributed by atoms with Crippen LogP contribution in [0.2, 0.25) is 0 Å². The van der Waals surface area contributed by atoms with Crippen molar-refractivity contribution in [3.8, 4) is 0 Å². The normalized spacial score (nSPS) is 27.8. The highest BCUT2D eigenvalue weighted by molar-refractivity contribution is 5.18. The summed E-state index contributed by atoms with van der Waals surface area (Å²) in [5, 5.41) is 0. The maximum Gasteiger partial charge on any atom is 0.131 e. The second kappa shape index (κ2) is 11.8. The summed E-state index contributed by atoms with van der Waals surface area (Å²) in [6.07, 6.45) is 15.0. The first-order valence-corrected chi connectivity index (χ1v) is 11.1. The van der Waals surface area contributed by atoms with Crippen LogP contribution in [-0.2, 0) is 0 Å². The van der Waals surface area contributed by atoms with Crippen LogP contribution < -0.4 is 0 Å². The first-order chi connectivity index (χ1) is 13.4. The minimum Gasteiger partial charge on any atom is -0.251 e. The van der Waals surface area contributed by atoms with Gasteiger partial charge in [-0.15, -0.1) is 0 Å². The van der Waals surface area contributed by atoms with Crippen molar-refractivity contribution in [2.75, 3.05) is 6.67 Å². The standard InChI is InChI=1S/C17H31F.C7H5F3/c1-2-3-14-4-8-16(9-5-14)17-10-6-15(7-11-17)12-13-18;1-4-6(9)2-5(8)3-7(4)10/h14-17H,2-13H2,1H3;2-3H,1H3. The van der Waals surface area contributed by atoms with Crippen molar-refractivity contribution in [3.05, 3.63) is 35.1 Å². The lowest BCUT2D eigenvalue weighted by Crippen LogP contribution is -2.26. The van der Waals surface area contributed by atoms with Gasteiger partial charge < -0.3 is 0 Å². The van der Waals surface area contributed by atoms with E-state index in [1.54, 1.807) is 0 Å². The molecule has 28 heavy (non-hydrogen) atoms. The Hall–Kier alpha value is -1.06. The predicted octanol–water partition coefficient (Wildman–Crippen LogP) is 8.17. The highest BCUT2D eigenvalue weighted by atomic mass is 19.1. The Morgan fingerprint density at radius 1 is 0.750 bits per heavy atom. The summed E-state index contributed by atoms with van der Waals surface area (Å²) < 4.78 is 49.2. The molecule has 0 aromatic heterocycles. The van der Waals surface area contributed by atoms with Crippen molar-refractivity contribution in [1.82, 2.24) is 0 Å². The third-order valence-corrected chi connectivity index (χ3v) is 6.91. The molecule has 0 heterocycles. The van der Waals surface area contributed by atoms with Crippen molar-refractivity contribution in [1.29, 1.82) is 0 Å². The second-order valence-electron chi connectivity index (χ2n) is 8.82. The van der Waals surface area contributed by atoms with Crippen LogP contribution in [0, 0.1) is 48.0 Å². The SMILES string of the molecule is CCCC1CCC(C2CCC(CCF)CC2)CC1.Cc1c(F)cc(F)cc1F. The summed E-state index contributed by atoms with van der Waals surface area (Å²) in [4.78, 5) is 0. The van der Waals surface area contributed by atoms with Crippen LogP contribution >= 0.6 is 0 Å². The quantitative estimate of drug-likeness (QED) is 0.437. The first kappa shape index (κ1) is 23.2. The van der Waals surface area contributed by atoms with E-state index < -0.39 is 17.5 Å². The molecule has 0 aliphatic heterocycles. The van der Waals surface area contributed by atoms with Crippen molar-refractivity contribution in [3.63, 3.8) is 0 Å².